The van der Waals surface area contributed by atoms with E-state index < -0.39 is 0 Å². The van der Waals surface area contributed by atoms with Crippen molar-refractivity contribution in [3.8, 4) is 22.7 Å². The van der Waals surface area contributed by atoms with Crippen LogP contribution in [-0.2, 0) is 17.6 Å². The van der Waals surface area contributed by atoms with Crippen molar-refractivity contribution in [2.24, 2.45) is 0 Å². The molecule has 0 unspecified atom stereocenters. The number of rotatable bonds is 10. The molecular weight excluding hydrogens is 476 g/mol. The largest absolute Gasteiger partial charge is 0.497 e. The highest BCUT2D eigenvalue weighted by Gasteiger charge is 2.14. The molecule has 0 aliphatic heterocycles. The van der Waals surface area contributed by atoms with Crippen LogP contribution in [0.25, 0.3) is 16.9 Å². The molecule has 0 fully saturated rings. The summed E-state index contributed by atoms with van der Waals surface area (Å²) >= 11 is 7.77. The lowest BCUT2D eigenvalue weighted by atomic mass is 10.1. The van der Waals surface area contributed by atoms with Gasteiger partial charge in [0.2, 0.25) is 5.91 Å². The summed E-state index contributed by atoms with van der Waals surface area (Å²) in [5.74, 6) is 0.870. The number of ether oxygens (including phenoxy) is 1. The van der Waals surface area contributed by atoms with Gasteiger partial charge in [-0.2, -0.15) is 0 Å². The first-order valence-corrected chi connectivity index (χ1v) is 13.2. The molecule has 0 saturated heterocycles. The van der Waals surface area contributed by atoms with Crippen LogP contribution in [0, 0.1) is 0 Å². The van der Waals surface area contributed by atoms with Gasteiger partial charge in [0.05, 0.1) is 12.8 Å². The Morgan fingerprint density at radius 3 is 2.43 bits per heavy atom. The average Bonchev–Trinajstić information content (AvgIpc) is 3.31. The Balaban J connectivity index is 1.49. The molecule has 1 aromatic heterocycles. The molecule has 0 bridgehead atoms. The maximum atomic E-state index is 12.6. The van der Waals surface area contributed by atoms with Crippen molar-refractivity contribution in [2.45, 2.75) is 24.2 Å². The molecule has 35 heavy (non-hydrogen) atoms. The lowest BCUT2D eigenvalue weighted by Crippen LogP contribution is -2.26. The summed E-state index contributed by atoms with van der Waals surface area (Å²) in [5, 5.41) is 3.75. The number of nitrogens with zero attached hydrogens (tertiary/aromatic N) is 1. The first kappa shape index (κ1) is 25.0. The maximum absolute atomic E-state index is 12.6. The average molecular weight is 505 g/mol. The van der Waals surface area contributed by atoms with Crippen molar-refractivity contribution < 1.29 is 9.53 Å². The van der Waals surface area contributed by atoms with Crippen molar-refractivity contribution in [1.82, 2.24) is 9.88 Å². The van der Waals surface area contributed by atoms with E-state index in [4.69, 9.17) is 16.3 Å². The fraction of sp³-hybridized carbons (Fsp3) is 0.207. The molecule has 0 spiro atoms. The van der Waals surface area contributed by atoms with E-state index in [2.05, 4.69) is 64.7 Å². The van der Waals surface area contributed by atoms with Gasteiger partial charge in [0, 0.05) is 34.3 Å². The van der Waals surface area contributed by atoms with Crippen LogP contribution in [0.2, 0.25) is 5.02 Å². The Hall–Kier alpha value is -3.15. The Morgan fingerprint density at radius 1 is 0.971 bits per heavy atom. The monoisotopic (exact) mass is 504 g/mol. The van der Waals surface area contributed by atoms with Crippen molar-refractivity contribution in [3.63, 3.8) is 0 Å². The van der Waals surface area contributed by atoms with E-state index in [1.165, 1.54) is 4.90 Å². The Morgan fingerprint density at radius 2 is 1.74 bits per heavy atom. The van der Waals surface area contributed by atoms with Crippen LogP contribution >= 0.6 is 23.4 Å². The Kier molecular flexibility index (Phi) is 8.56. The second kappa shape index (κ2) is 12.0. The van der Waals surface area contributed by atoms with E-state index >= 15 is 0 Å². The highest BCUT2D eigenvalue weighted by Crippen LogP contribution is 2.29. The van der Waals surface area contributed by atoms with E-state index in [1.807, 2.05) is 36.4 Å². The molecule has 180 valence electrons. The molecule has 0 aliphatic carbocycles. The minimum absolute atomic E-state index is 0.0449. The summed E-state index contributed by atoms with van der Waals surface area (Å²) in [6.45, 7) is 0.591. The van der Waals surface area contributed by atoms with Crippen LogP contribution in [0.4, 0.5) is 0 Å². The Labute approximate surface area is 216 Å². The fourth-order valence-electron chi connectivity index (χ4n) is 4.07. The summed E-state index contributed by atoms with van der Waals surface area (Å²) in [7, 11) is 1.67. The number of halogens is 1. The number of methoxy groups -OCH3 is 1. The van der Waals surface area contributed by atoms with E-state index in [0.717, 1.165) is 40.4 Å². The first-order chi connectivity index (χ1) is 17.1. The predicted molar refractivity (Wildman–Crippen MR) is 146 cm³/mol. The molecule has 0 saturated carbocycles. The van der Waals surface area contributed by atoms with Gasteiger partial charge in [-0.3, -0.25) is 4.79 Å². The first-order valence-electron chi connectivity index (χ1n) is 11.6. The fourth-order valence-corrected chi connectivity index (χ4v) is 4.69. The predicted octanol–water partition coefficient (Wildman–Crippen LogP) is 6.82. The van der Waals surface area contributed by atoms with Crippen molar-refractivity contribution in [3.05, 3.63) is 101 Å². The summed E-state index contributed by atoms with van der Waals surface area (Å²) in [6.07, 6.45) is 3.89. The van der Waals surface area contributed by atoms with Gasteiger partial charge in [-0.1, -0.05) is 23.7 Å². The maximum Gasteiger partial charge on any atom is 0.220 e. The molecule has 1 N–H and O–H groups in total. The molecule has 0 atom stereocenters. The SMILES string of the molecule is COc1ccc(-c2ccc(CCC(=O)NCCc3cccc(Cl)c3)n2-c2ccc(SC)cc2)cc1. The summed E-state index contributed by atoms with van der Waals surface area (Å²) in [5.41, 5.74) is 5.47. The topological polar surface area (TPSA) is 43.3 Å². The van der Waals surface area contributed by atoms with Gasteiger partial charge in [-0.15, -0.1) is 11.8 Å². The third kappa shape index (κ3) is 6.50. The van der Waals surface area contributed by atoms with Crippen molar-refractivity contribution in [1.29, 1.82) is 0 Å². The van der Waals surface area contributed by atoms with Gasteiger partial charge in [-0.25, -0.2) is 0 Å². The standard InChI is InChI=1S/C29H29ClN2O2S/c1-34-26-12-6-22(7-13-26)28-16-10-25(32(28)24-8-14-27(35-2)15-9-24)11-17-29(33)31-19-18-21-4-3-5-23(30)20-21/h3-10,12-16,20H,11,17-19H2,1-2H3,(H,31,33). The zero-order chi connectivity index (χ0) is 24.6. The normalized spacial score (nSPS) is 10.8. The van der Waals surface area contributed by atoms with Crippen molar-refractivity contribution in [2.75, 3.05) is 19.9 Å². The van der Waals surface area contributed by atoms with E-state index in [1.54, 1.807) is 18.9 Å². The summed E-state index contributed by atoms with van der Waals surface area (Å²) < 4.78 is 7.56. The molecule has 1 heterocycles. The number of thioether (sulfide) groups is 1. The van der Waals surface area contributed by atoms with Gasteiger partial charge in [0.1, 0.15) is 5.75 Å². The lowest BCUT2D eigenvalue weighted by Gasteiger charge is -2.15. The number of carbonyl (C=O) groups is 1. The van der Waals surface area contributed by atoms with Crippen LogP contribution in [-0.4, -0.2) is 30.4 Å². The van der Waals surface area contributed by atoms with Crippen LogP contribution in [0.5, 0.6) is 5.75 Å². The van der Waals surface area contributed by atoms with Crippen LogP contribution in [0.1, 0.15) is 17.7 Å². The van der Waals surface area contributed by atoms with Gasteiger partial charge >= 0.3 is 0 Å². The number of amides is 1. The van der Waals surface area contributed by atoms with Gasteiger partial charge in [0.15, 0.2) is 0 Å². The zero-order valence-corrected chi connectivity index (χ0v) is 21.5. The molecule has 6 heteroatoms. The second-order valence-corrected chi connectivity index (χ2v) is 9.52. The lowest BCUT2D eigenvalue weighted by molar-refractivity contribution is -0.121. The van der Waals surface area contributed by atoms with Crippen LogP contribution in [0.3, 0.4) is 0 Å². The van der Waals surface area contributed by atoms with E-state index in [0.29, 0.717) is 24.4 Å². The third-order valence-corrected chi connectivity index (χ3v) is 6.89. The van der Waals surface area contributed by atoms with Crippen LogP contribution in [0.15, 0.2) is 89.8 Å². The molecule has 4 nitrogen and oxygen atoms in total. The number of hydrogen-bond acceptors (Lipinski definition) is 3. The highest BCUT2D eigenvalue weighted by atomic mass is 35.5. The van der Waals surface area contributed by atoms with Gasteiger partial charge in [0.25, 0.3) is 0 Å². The van der Waals surface area contributed by atoms with E-state index in [9.17, 15) is 4.79 Å². The Bertz CT molecular complexity index is 1270. The molecular formula is C29H29ClN2O2S. The molecule has 3 aromatic carbocycles. The number of benzene rings is 3. The highest BCUT2D eigenvalue weighted by molar-refractivity contribution is 7.98. The number of aromatic nitrogens is 1. The van der Waals surface area contributed by atoms with Gasteiger partial charge in [-0.05, 0) is 103 Å². The molecule has 0 radical (unpaired) electrons. The summed E-state index contributed by atoms with van der Waals surface area (Å²) in [4.78, 5) is 13.8. The number of nitrogens with one attached hydrogen (secondary N) is 1. The number of carbonyl (C=O) groups excluding carboxylic acids is 1. The quantitative estimate of drug-likeness (QED) is 0.241. The molecule has 4 aromatic rings. The zero-order valence-electron chi connectivity index (χ0n) is 20.0. The van der Waals surface area contributed by atoms with E-state index in [-0.39, 0.29) is 5.91 Å². The molecule has 4 rings (SSSR count). The molecule has 1 amide bonds. The van der Waals surface area contributed by atoms with Crippen LogP contribution < -0.4 is 10.1 Å². The minimum atomic E-state index is 0.0449. The number of hydrogen-bond donors (Lipinski definition) is 1. The van der Waals surface area contributed by atoms with Gasteiger partial charge < -0.3 is 14.6 Å². The third-order valence-electron chi connectivity index (χ3n) is 5.91. The smallest absolute Gasteiger partial charge is 0.220 e. The second-order valence-electron chi connectivity index (χ2n) is 8.20. The number of aryl methyl sites for hydroxylation is 1. The minimum Gasteiger partial charge on any atom is -0.497 e. The van der Waals surface area contributed by atoms with Crippen molar-refractivity contribution >= 4 is 29.3 Å². The summed E-state index contributed by atoms with van der Waals surface area (Å²) in [6, 6.07) is 28.6. The molecule has 0 aliphatic rings.